The maximum atomic E-state index is 10.1. The third kappa shape index (κ3) is 1.16. The van der Waals surface area contributed by atoms with E-state index in [0.29, 0.717) is 5.69 Å². The van der Waals surface area contributed by atoms with Gasteiger partial charge in [-0.05, 0) is 23.6 Å². The highest BCUT2D eigenvalue weighted by Gasteiger charge is 2.13. The van der Waals surface area contributed by atoms with Crippen LogP contribution in [0.3, 0.4) is 0 Å². The number of fused-ring (bicyclic) bond motifs is 1. The molecular formula is C8H6N2OS. The minimum absolute atomic E-state index is 0.706. The minimum Gasteiger partial charge on any atom is -0.255 e. The van der Waals surface area contributed by atoms with E-state index >= 15 is 0 Å². The lowest BCUT2D eigenvalue weighted by Gasteiger charge is -1.97. The molecule has 0 radical (unpaired) electrons. The predicted octanol–water partition coefficient (Wildman–Crippen LogP) is 1.76. The van der Waals surface area contributed by atoms with Crippen molar-refractivity contribution in [2.45, 2.75) is 11.4 Å². The third-order valence-corrected chi connectivity index (χ3v) is 2.64. The molecule has 0 aliphatic carbocycles. The second-order valence-corrected chi connectivity index (χ2v) is 3.29. The fourth-order valence-corrected chi connectivity index (χ4v) is 2.01. The molecule has 0 saturated carbocycles. The fraction of sp³-hybridized carbons (Fsp3) is 0.125. The van der Waals surface area contributed by atoms with Crippen molar-refractivity contribution in [1.29, 1.82) is 0 Å². The molecule has 1 heterocycles. The number of isocyanates is 1. The van der Waals surface area contributed by atoms with Gasteiger partial charge in [0.25, 0.3) is 0 Å². The molecule has 0 spiro atoms. The zero-order chi connectivity index (χ0) is 8.39. The third-order valence-electron chi connectivity index (χ3n) is 1.68. The Balaban J connectivity index is 2.56. The summed E-state index contributed by atoms with van der Waals surface area (Å²) >= 11 is 1.51. The zero-order valence-corrected chi connectivity index (χ0v) is 7.02. The molecule has 4 heteroatoms. The molecule has 12 heavy (non-hydrogen) atoms. The second-order valence-electron chi connectivity index (χ2n) is 2.39. The van der Waals surface area contributed by atoms with Crippen LogP contribution in [-0.2, 0) is 11.3 Å². The molecule has 0 saturated heterocycles. The molecular weight excluding hydrogens is 172 g/mol. The van der Waals surface area contributed by atoms with E-state index < -0.39 is 0 Å². The van der Waals surface area contributed by atoms with Crippen molar-refractivity contribution in [2.75, 3.05) is 0 Å². The quantitative estimate of drug-likeness (QED) is 0.405. The van der Waals surface area contributed by atoms with Gasteiger partial charge >= 0.3 is 0 Å². The summed E-state index contributed by atoms with van der Waals surface area (Å²) < 4.78 is 3.11. The highest BCUT2D eigenvalue weighted by Crippen LogP contribution is 2.35. The number of rotatable bonds is 1. The van der Waals surface area contributed by atoms with Gasteiger partial charge in [-0.25, -0.2) is 4.79 Å². The monoisotopic (exact) mass is 178 g/mol. The second kappa shape index (κ2) is 3.11. The van der Waals surface area contributed by atoms with Crippen LogP contribution in [0.1, 0.15) is 5.56 Å². The van der Waals surface area contributed by atoms with Gasteiger partial charge in [-0.1, -0.05) is 12.1 Å². The fourth-order valence-electron chi connectivity index (χ4n) is 1.15. The molecule has 3 nitrogen and oxygen atoms in total. The largest absolute Gasteiger partial charge is 0.255 e. The van der Waals surface area contributed by atoms with E-state index in [2.05, 4.69) is 9.71 Å². The Bertz CT molecular complexity index is 358. The molecule has 2 rings (SSSR count). The highest BCUT2D eigenvalue weighted by molar-refractivity contribution is 7.97. The number of hydrogen-bond acceptors (Lipinski definition) is 4. The van der Waals surface area contributed by atoms with Gasteiger partial charge in [-0.3, -0.25) is 4.72 Å². The van der Waals surface area contributed by atoms with Crippen molar-refractivity contribution >= 4 is 23.7 Å². The summed E-state index contributed by atoms with van der Waals surface area (Å²) in [5.74, 6) is 0. The van der Waals surface area contributed by atoms with Crippen molar-refractivity contribution in [3.63, 3.8) is 0 Å². The Kier molecular flexibility index (Phi) is 1.96. The summed E-state index contributed by atoms with van der Waals surface area (Å²) in [7, 11) is 0. The summed E-state index contributed by atoms with van der Waals surface area (Å²) in [6.07, 6.45) is 1.55. The first-order chi connectivity index (χ1) is 5.92. The van der Waals surface area contributed by atoms with E-state index in [1.54, 1.807) is 6.08 Å². The van der Waals surface area contributed by atoms with Gasteiger partial charge in [0.05, 0.1) is 10.6 Å². The molecule has 1 aromatic rings. The van der Waals surface area contributed by atoms with Crippen molar-refractivity contribution in [3.8, 4) is 0 Å². The van der Waals surface area contributed by atoms with E-state index in [0.717, 1.165) is 11.4 Å². The van der Waals surface area contributed by atoms with E-state index in [1.807, 2.05) is 18.2 Å². The number of hydrogen-bond donors (Lipinski definition) is 1. The first kappa shape index (κ1) is 7.55. The van der Waals surface area contributed by atoms with Gasteiger partial charge in [0.15, 0.2) is 0 Å². The van der Waals surface area contributed by atoms with Crippen LogP contribution < -0.4 is 4.72 Å². The zero-order valence-electron chi connectivity index (χ0n) is 6.20. The number of aliphatic imine (C=N–C) groups is 1. The smallest absolute Gasteiger partial charge is 0.240 e. The van der Waals surface area contributed by atoms with Crippen LogP contribution in [0, 0.1) is 0 Å². The van der Waals surface area contributed by atoms with Gasteiger partial charge < -0.3 is 0 Å². The molecule has 60 valence electrons. The molecule has 0 amide bonds. The Morgan fingerprint density at radius 3 is 3.33 bits per heavy atom. The van der Waals surface area contributed by atoms with Crippen LogP contribution in [0.15, 0.2) is 28.1 Å². The topological polar surface area (TPSA) is 41.5 Å². The molecule has 1 aliphatic rings. The van der Waals surface area contributed by atoms with Crippen molar-refractivity contribution in [3.05, 3.63) is 23.8 Å². The molecule has 0 bridgehead atoms. The highest BCUT2D eigenvalue weighted by atomic mass is 32.2. The first-order valence-corrected chi connectivity index (χ1v) is 4.33. The van der Waals surface area contributed by atoms with Crippen molar-refractivity contribution in [1.82, 2.24) is 4.72 Å². The normalized spacial score (nSPS) is 13.7. The van der Waals surface area contributed by atoms with Crippen LogP contribution in [0.5, 0.6) is 0 Å². The number of benzene rings is 1. The molecule has 1 N–H and O–H groups in total. The maximum Gasteiger partial charge on any atom is 0.240 e. The van der Waals surface area contributed by atoms with E-state index in [9.17, 15) is 4.79 Å². The lowest BCUT2D eigenvalue weighted by atomic mass is 10.2. The number of nitrogens with one attached hydrogen (secondary N) is 1. The van der Waals surface area contributed by atoms with E-state index in [-0.39, 0.29) is 0 Å². The molecule has 0 fully saturated rings. The van der Waals surface area contributed by atoms with Crippen LogP contribution >= 0.6 is 11.9 Å². The average Bonchev–Trinajstić information content (AvgIpc) is 2.53. The maximum absolute atomic E-state index is 10.1. The Hall–Kier alpha value is -1.09. The summed E-state index contributed by atoms with van der Waals surface area (Å²) in [5.41, 5.74) is 1.90. The first-order valence-electron chi connectivity index (χ1n) is 3.51. The average molecular weight is 178 g/mol. The van der Waals surface area contributed by atoms with Gasteiger partial charge in [-0.2, -0.15) is 4.99 Å². The van der Waals surface area contributed by atoms with Crippen LogP contribution in [0.4, 0.5) is 5.69 Å². The van der Waals surface area contributed by atoms with Crippen LogP contribution in [0.2, 0.25) is 0 Å². The minimum atomic E-state index is 0.706. The standard InChI is InChI=1S/C8H6N2OS/c11-5-9-7-3-1-2-6-4-10-12-8(6)7/h1-3,10H,4H2. The van der Waals surface area contributed by atoms with E-state index in [4.69, 9.17) is 0 Å². The van der Waals surface area contributed by atoms with Gasteiger partial charge in [-0.15, -0.1) is 0 Å². The summed E-state index contributed by atoms with van der Waals surface area (Å²) in [6.45, 7) is 0.836. The molecule has 0 aromatic heterocycles. The van der Waals surface area contributed by atoms with Gasteiger partial charge in [0.1, 0.15) is 0 Å². The number of carbonyl (C=O) groups excluding carboxylic acids is 1. The summed E-state index contributed by atoms with van der Waals surface area (Å²) in [5, 5.41) is 0. The Morgan fingerprint density at radius 1 is 1.58 bits per heavy atom. The molecule has 1 aromatic carbocycles. The Morgan fingerprint density at radius 2 is 2.50 bits per heavy atom. The van der Waals surface area contributed by atoms with Crippen LogP contribution in [-0.4, -0.2) is 6.08 Å². The van der Waals surface area contributed by atoms with Gasteiger partial charge in [0, 0.05) is 6.54 Å². The van der Waals surface area contributed by atoms with E-state index in [1.165, 1.54) is 17.5 Å². The van der Waals surface area contributed by atoms with Crippen molar-refractivity contribution < 1.29 is 4.79 Å². The van der Waals surface area contributed by atoms with Crippen molar-refractivity contribution in [2.24, 2.45) is 4.99 Å². The Labute approximate surface area is 74.0 Å². The summed E-state index contributed by atoms with van der Waals surface area (Å²) in [6, 6.07) is 5.72. The lowest BCUT2D eigenvalue weighted by molar-refractivity contribution is 0.565. The number of nitrogens with zero attached hydrogens (tertiary/aromatic N) is 1. The van der Waals surface area contributed by atoms with Crippen LogP contribution in [0.25, 0.3) is 0 Å². The molecule has 0 unspecified atom stereocenters. The SMILES string of the molecule is O=C=Nc1cccc2c1SNC2. The predicted molar refractivity (Wildman–Crippen MR) is 46.9 cm³/mol. The molecule has 1 aliphatic heterocycles. The molecule has 0 atom stereocenters. The summed E-state index contributed by atoms with van der Waals surface area (Å²) in [4.78, 5) is 14.7. The van der Waals surface area contributed by atoms with Gasteiger partial charge in [0.2, 0.25) is 6.08 Å². The lowest BCUT2D eigenvalue weighted by Crippen LogP contribution is -1.91.